The number of anilines is 2. The normalized spacial score (nSPS) is 15.4. The lowest BCUT2D eigenvalue weighted by Gasteiger charge is -2.32. The molecule has 0 saturated carbocycles. The third-order valence-electron chi connectivity index (χ3n) is 4.21. The number of nitrogens with one attached hydrogen (secondary N) is 2. The van der Waals surface area contributed by atoms with Crippen LogP contribution < -0.4 is 10.6 Å². The molecule has 1 aliphatic rings. The maximum Gasteiger partial charge on any atom is 0.414 e. The second-order valence-electron chi connectivity index (χ2n) is 7.66. The smallest absolute Gasteiger partial charge is 0.414 e. The first kappa shape index (κ1) is 23.0. The number of ether oxygens (including phenoxy) is 2. The van der Waals surface area contributed by atoms with Crippen LogP contribution in [0.15, 0.2) is 30.1 Å². The lowest BCUT2D eigenvalue weighted by molar-refractivity contribution is -0.736. The van der Waals surface area contributed by atoms with E-state index >= 15 is 0 Å². The zero-order chi connectivity index (χ0) is 22.3. The van der Waals surface area contributed by atoms with Gasteiger partial charge in [-0.05, 0) is 52.2 Å². The van der Waals surface area contributed by atoms with Crippen LogP contribution in [0.5, 0.6) is 0 Å². The molecule has 0 unspecified atom stereocenters. The Labute approximate surface area is 175 Å². The minimum atomic E-state index is -0.658. The van der Waals surface area contributed by atoms with Crippen molar-refractivity contribution in [2.45, 2.75) is 45.6 Å². The molecule has 0 aromatic heterocycles. The molecular formula is C20H29N4O6+. The molecule has 10 heteroatoms. The molecule has 1 heterocycles. The van der Waals surface area contributed by atoms with Crippen LogP contribution in [-0.2, 0) is 14.3 Å². The van der Waals surface area contributed by atoms with Gasteiger partial charge in [0.2, 0.25) is 0 Å². The van der Waals surface area contributed by atoms with E-state index in [4.69, 9.17) is 9.57 Å². The maximum absolute atomic E-state index is 12.5. The van der Waals surface area contributed by atoms with E-state index in [2.05, 4.69) is 15.4 Å². The number of nitrogens with zero attached hydrogens (tertiary/aromatic N) is 2. The van der Waals surface area contributed by atoms with Crippen molar-refractivity contribution >= 4 is 29.2 Å². The molecule has 10 nitrogen and oxygen atoms in total. The number of methoxy groups -OCH3 is 1. The summed E-state index contributed by atoms with van der Waals surface area (Å²) in [6.07, 6.45) is 3.12. The van der Waals surface area contributed by atoms with Crippen molar-refractivity contribution in [1.29, 1.82) is 0 Å². The molecule has 0 aliphatic carbocycles. The molecule has 1 aromatic carbocycles. The van der Waals surface area contributed by atoms with E-state index in [1.54, 1.807) is 23.2 Å². The van der Waals surface area contributed by atoms with E-state index in [1.165, 1.54) is 20.3 Å². The summed E-state index contributed by atoms with van der Waals surface area (Å²) >= 11 is 0. The number of benzene rings is 1. The number of amides is 2. The summed E-state index contributed by atoms with van der Waals surface area (Å²) in [5, 5.41) is 5.56. The molecule has 2 amide bonds. The van der Waals surface area contributed by atoms with Crippen LogP contribution in [0.4, 0.5) is 26.7 Å². The van der Waals surface area contributed by atoms with Gasteiger partial charge in [0.25, 0.3) is 4.92 Å². The highest BCUT2D eigenvalue weighted by Crippen LogP contribution is 2.30. The van der Waals surface area contributed by atoms with Crippen LogP contribution in [0.1, 0.15) is 40.0 Å². The topological polar surface area (TPSA) is 109 Å². The molecule has 1 fully saturated rings. The molecule has 30 heavy (non-hydrogen) atoms. The van der Waals surface area contributed by atoms with Gasteiger partial charge in [-0.1, -0.05) is 0 Å². The second-order valence-corrected chi connectivity index (χ2v) is 7.66. The molecule has 0 radical (unpaired) electrons. The molecule has 0 atom stereocenters. The molecular weight excluding hydrogens is 392 g/mol. The highest BCUT2D eigenvalue weighted by molar-refractivity contribution is 5.86. The van der Waals surface area contributed by atoms with Crippen LogP contribution >= 0.6 is 0 Å². The first-order valence-electron chi connectivity index (χ1n) is 9.61. The molecule has 2 N–H and O–H groups in total. The number of allylic oxidation sites excluding steroid dienone is 1. The van der Waals surface area contributed by atoms with Gasteiger partial charge in [-0.3, -0.25) is 10.2 Å². The van der Waals surface area contributed by atoms with Crippen molar-refractivity contribution < 1.29 is 28.8 Å². The first-order chi connectivity index (χ1) is 14.1. The molecule has 1 aliphatic heterocycles. The van der Waals surface area contributed by atoms with Crippen LogP contribution in [-0.4, -0.2) is 48.4 Å². The number of hydrogen-bond acceptors (Lipinski definition) is 7. The Morgan fingerprint density at radius 3 is 2.57 bits per heavy atom. The first-order valence-corrected chi connectivity index (χ1v) is 9.61. The van der Waals surface area contributed by atoms with E-state index in [0.717, 1.165) is 18.5 Å². The van der Waals surface area contributed by atoms with Crippen molar-refractivity contribution in [2.24, 2.45) is 0 Å². The largest absolute Gasteiger partial charge is 0.453 e. The highest BCUT2D eigenvalue weighted by atomic mass is 16.8. The highest BCUT2D eigenvalue weighted by Gasteiger charge is 2.27. The lowest BCUT2D eigenvalue weighted by Crippen LogP contribution is -2.38. The fraction of sp³-hybridized carbons (Fsp3) is 0.500. The summed E-state index contributed by atoms with van der Waals surface area (Å²) in [5.41, 5.74) is 1.10. The SMILES string of the molecule is COC(=O)Nc1ccc(N/C=C2\CCCCN2C(=O)OC(C)(C)C)c([N+](=O)OC)c1. The van der Waals surface area contributed by atoms with Gasteiger partial charge in [-0.2, -0.15) is 0 Å². The molecule has 0 bridgehead atoms. The van der Waals surface area contributed by atoms with E-state index in [0.29, 0.717) is 29.3 Å². The maximum atomic E-state index is 12.5. The number of carbonyl (C=O) groups is 2. The second kappa shape index (κ2) is 9.95. The Balaban J connectivity index is 2.26. The fourth-order valence-corrected chi connectivity index (χ4v) is 2.84. The van der Waals surface area contributed by atoms with Gasteiger partial charge in [0.15, 0.2) is 7.11 Å². The third-order valence-corrected chi connectivity index (χ3v) is 4.21. The molecule has 2 rings (SSSR count). The Bertz CT molecular complexity index is 831. The van der Waals surface area contributed by atoms with Gasteiger partial charge in [-0.15, -0.1) is 0 Å². The van der Waals surface area contributed by atoms with Crippen molar-refractivity contribution in [2.75, 3.05) is 31.4 Å². The Hall–Kier alpha value is -3.30. The zero-order valence-corrected chi connectivity index (χ0v) is 18.0. The van der Waals surface area contributed by atoms with Gasteiger partial charge in [-0.25, -0.2) is 14.4 Å². The predicted molar refractivity (Wildman–Crippen MR) is 111 cm³/mol. The molecule has 1 aromatic rings. The van der Waals surface area contributed by atoms with Crippen LogP contribution in [0.3, 0.4) is 0 Å². The van der Waals surface area contributed by atoms with E-state index < -0.39 is 17.8 Å². The van der Waals surface area contributed by atoms with Crippen LogP contribution in [0.2, 0.25) is 0 Å². The summed E-state index contributed by atoms with van der Waals surface area (Å²) in [7, 11) is 2.48. The van der Waals surface area contributed by atoms with Crippen molar-refractivity contribution in [1.82, 2.24) is 4.90 Å². The third kappa shape index (κ3) is 6.36. The summed E-state index contributed by atoms with van der Waals surface area (Å²) in [5.74, 6) is 0. The predicted octanol–water partition coefficient (Wildman–Crippen LogP) is 4.51. The number of hydrogen-bond donors (Lipinski definition) is 2. The summed E-state index contributed by atoms with van der Waals surface area (Å²) in [6.45, 7) is 6.02. The average molecular weight is 421 g/mol. The van der Waals surface area contributed by atoms with E-state index in [-0.39, 0.29) is 5.69 Å². The average Bonchev–Trinajstić information content (AvgIpc) is 2.71. The van der Waals surface area contributed by atoms with Gasteiger partial charge >= 0.3 is 17.9 Å². The zero-order valence-electron chi connectivity index (χ0n) is 18.0. The monoisotopic (exact) mass is 421 g/mol. The Morgan fingerprint density at radius 2 is 1.93 bits per heavy atom. The number of rotatable bonds is 5. The molecule has 0 spiro atoms. The summed E-state index contributed by atoms with van der Waals surface area (Å²) in [4.78, 5) is 42.8. The number of likely N-dealkylation sites (tertiary alicyclic amines) is 1. The number of carbonyl (C=O) groups excluding carboxylic acids is 2. The Morgan fingerprint density at radius 1 is 1.20 bits per heavy atom. The number of piperidine rings is 1. The quantitative estimate of drug-likeness (QED) is 0.673. The van der Waals surface area contributed by atoms with Crippen LogP contribution in [0, 0.1) is 4.91 Å². The minimum absolute atomic E-state index is 0.142. The van der Waals surface area contributed by atoms with E-state index in [9.17, 15) is 14.5 Å². The van der Waals surface area contributed by atoms with Crippen molar-refractivity contribution in [3.63, 3.8) is 0 Å². The van der Waals surface area contributed by atoms with Gasteiger partial charge in [0, 0.05) is 24.5 Å². The van der Waals surface area contributed by atoms with Gasteiger partial charge < -0.3 is 14.8 Å². The van der Waals surface area contributed by atoms with E-state index in [1.807, 2.05) is 20.8 Å². The standard InChI is InChI=1S/C20H28N4O6/c1-20(2,3)30-19(26)23-11-7-6-8-15(23)13-21-16-10-9-14(22-18(25)28-4)12-17(16)24(27)29-5/h9-10,12-13H,6-8,11H2,1-5H3,(H-,21,22,25,26,27)/p+1. The molecule has 164 valence electrons. The van der Waals surface area contributed by atoms with Crippen LogP contribution in [0.25, 0.3) is 0 Å². The van der Waals surface area contributed by atoms with Crippen molar-refractivity contribution in [3.05, 3.63) is 35.0 Å². The van der Waals surface area contributed by atoms with Gasteiger partial charge in [0.05, 0.1) is 17.7 Å². The minimum Gasteiger partial charge on any atom is -0.453 e. The fourth-order valence-electron chi connectivity index (χ4n) is 2.84. The summed E-state index contributed by atoms with van der Waals surface area (Å²) in [6, 6.07) is 4.67. The summed E-state index contributed by atoms with van der Waals surface area (Å²) < 4.78 is 10.0. The lowest BCUT2D eigenvalue weighted by atomic mass is 10.1. The van der Waals surface area contributed by atoms with Crippen molar-refractivity contribution in [3.8, 4) is 0 Å². The van der Waals surface area contributed by atoms with Gasteiger partial charge in [0.1, 0.15) is 11.3 Å². The Kier molecular flexibility index (Phi) is 7.62. The molecule has 1 saturated heterocycles.